The van der Waals surface area contributed by atoms with Crippen LogP contribution >= 0.6 is 0 Å². The molecule has 0 amide bonds. The molecule has 2 aromatic rings. The molecule has 1 N–H and O–H groups in total. The summed E-state index contributed by atoms with van der Waals surface area (Å²) in [4.78, 5) is 0. The lowest BCUT2D eigenvalue weighted by Gasteiger charge is -2.36. The number of benzene rings is 2. The Bertz CT molecular complexity index is 559. The molecule has 1 heteroatoms. The molecular formula is C20H24O. The molecule has 0 heterocycles. The van der Waals surface area contributed by atoms with Crippen molar-refractivity contribution in [1.29, 1.82) is 0 Å². The van der Waals surface area contributed by atoms with E-state index in [-0.39, 0.29) is 5.41 Å². The van der Waals surface area contributed by atoms with E-state index < -0.39 is 6.10 Å². The third-order valence-corrected chi connectivity index (χ3v) is 4.15. The van der Waals surface area contributed by atoms with E-state index in [9.17, 15) is 5.11 Å². The SMILES string of the molecule is CC/C=C/C(CC)(c1ccccc1)C(O)c1ccccc1. The van der Waals surface area contributed by atoms with Crippen molar-refractivity contribution >= 4 is 0 Å². The summed E-state index contributed by atoms with van der Waals surface area (Å²) >= 11 is 0. The molecule has 0 saturated carbocycles. The predicted octanol–water partition coefficient (Wildman–Crippen LogP) is 5.03. The highest BCUT2D eigenvalue weighted by Gasteiger charge is 2.36. The van der Waals surface area contributed by atoms with Gasteiger partial charge in [0.15, 0.2) is 0 Å². The maximum Gasteiger partial charge on any atom is 0.0921 e. The van der Waals surface area contributed by atoms with E-state index in [0.717, 1.165) is 24.0 Å². The van der Waals surface area contributed by atoms with Crippen LogP contribution in [0.3, 0.4) is 0 Å². The van der Waals surface area contributed by atoms with E-state index in [1.165, 1.54) is 0 Å². The molecule has 2 rings (SSSR count). The Morgan fingerprint density at radius 3 is 2.05 bits per heavy atom. The normalized spacial score (nSPS) is 15.8. The number of allylic oxidation sites excluding steroid dienone is 1. The van der Waals surface area contributed by atoms with Gasteiger partial charge in [0.2, 0.25) is 0 Å². The molecular weight excluding hydrogens is 256 g/mol. The van der Waals surface area contributed by atoms with E-state index in [4.69, 9.17) is 0 Å². The van der Waals surface area contributed by atoms with Crippen LogP contribution in [0.4, 0.5) is 0 Å². The number of hydrogen-bond donors (Lipinski definition) is 1. The van der Waals surface area contributed by atoms with E-state index >= 15 is 0 Å². The molecule has 0 saturated heterocycles. The Morgan fingerprint density at radius 2 is 1.52 bits per heavy atom. The van der Waals surface area contributed by atoms with Crippen molar-refractivity contribution < 1.29 is 5.11 Å². The van der Waals surface area contributed by atoms with Crippen molar-refractivity contribution in [3.05, 3.63) is 83.9 Å². The number of rotatable bonds is 6. The maximum atomic E-state index is 11.1. The summed E-state index contributed by atoms with van der Waals surface area (Å²) in [7, 11) is 0. The minimum Gasteiger partial charge on any atom is -0.387 e. The molecule has 21 heavy (non-hydrogen) atoms. The molecule has 0 aliphatic rings. The van der Waals surface area contributed by atoms with Gasteiger partial charge in [0.25, 0.3) is 0 Å². The van der Waals surface area contributed by atoms with E-state index in [0.29, 0.717) is 0 Å². The quantitative estimate of drug-likeness (QED) is 0.735. The first kappa shape index (κ1) is 15.5. The highest BCUT2D eigenvalue weighted by atomic mass is 16.3. The van der Waals surface area contributed by atoms with Gasteiger partial charge in [-0.15, -0.1) is 0 Å². The zero-order valence-corrected chi connectivity index (χ0v) is 12.9. The molecule has 2 aromatic carbocycles. The maximum absolute atomic E-state index is 11.1. The molecule has 0 bridgehead atoms. The summed E-state index contributed by atoms with van der Waals surface area (Å²) in [5.41, 5.74) is 1.75. The Balaban J connectivity index is 2.52. The molecule has 0 aliphatic carbocycles. The average molecular weight is 280 g/mol. The summed E-state index contributed by atoms with van der Waals surface area (Å²) in [5.74, 6) is 0. The molecule has 110 valence electrons. The Hall–Kier alpha value is -1.86. The van der Waals surface area contributed by atoms with Crippen LogP contribution in [0.1, 0.15) is 43.9 Å². The van der Waals surface area contributed by atoms with Crippen molar-refractivity contribution in [3.63, 3.8) is 0 Å². The van der Waals surface area contributed by atoms with Crippen LogP contribution < -0.4 is 0 Å². The van der Waals surface area contributed by atoms with Gasteiger partial charge in [-0.25, -0.2) is 0 Å². The Labute approximate surface area is 128 Å². The molecule has 0 aliphatic heterocycles. The number of aliphatic hydroxyl groups is 1. The number of aliphatic hydroxyl groups excluding tert-OH is 1. The van der Waals surface area contributed by atoms with Crippen LogP contribution in [0.5, 0.6) is 0 Å². The fourth-order valence-corrected chi connectivity index (χ4v) is 2.87. The van der Waals surface area contributed by atoms with Crippen molar-refractivity contribution in [3.8, 4) is 0 Å². The van der Waals surface area contributed by atoms with Crippen LogP contribution in [0.2, 0.25) is 0 Å². The lowest BCUT2D eigenvalue weighted by molar-refractivity contribution is 0.103. The van der Waals surface area contributed by atoms with Gasteiger partial charge >= 0.3 is 0 Å². The van der Waals surface area contributed by atoms with E-state index in [1.807, 2.05) is 48.5 Å². The van der Waals surface area contributed by atoms with Gasteiger partial charge in [-0.05, 0) is 24.0 Å². The van der Waals surface area contributed by atoms with E-state index in [2.05, 4.69) is 38.1 Å². The van der Waals surface area contributed by atoms with Crippen molar-refractivity contribution in [2.75, 3.05) is 0 Å². The lowest BCUT2D eigenvalue weighted by atomic mass is 9.71. The van der Waals surface area contributed by atoms with Crippen LogP contribution in [0, 0.1) is 0 Å². The molecule has 0 aromatic heterocycles. The van der Waals surface area contributed by atoms with Gasteiger partial charge in [-0.3, -0.25) is 0 Å². The summed E-state index contributed by atoms with van der Waals surface area (Å²) < 4.78 is 0. The third-order valence-electron chi connectivity index (χ3n) is 4.15. The number of hydrogen-bond acceptors (Lipinski definition) is 1. The third kappa shape index (κ3) is 3.25. The van der Waals surface area contributed by atoms with Gasteiger partial charge in [0, 0.05) is 5.41 Å². The minimum atomic E-state index is -0.547. The standard InChI is InChI=1S/C20H24O/c1-3-5-16-20(4-2,18-14-10-7-11-15-18)19(21)17-12-8-6-9-13-17/h5-16,19,21H,3-4H2,1-2H3/b16-5+. The monoisotopic (exact) mass is 280 g/mol. The van der Waals surface area contributed by atoms with Gasteiger partial charge in [0.1, 0.15) is 0 Å². The van der Waals surface area contributed by atoms with E-state index in [1.54, 1.807) is 0 Å². The topological polar surface area (TPSA) is 20.2 Å². The first-order chi connectivity index (χ1) is 10.2. The second-order valence-electron chi connectivity index (χ2n) is 5.38. The Kier molecular flexibility index (Phi) is 5.35. The van der Waals surface area contributed by atoms with Crippen molar-refractivity contribution in [2.45, 2.75) is 38.2 Å². The highest BCUT2D eigenvalue weighted by molar-refractivity contribution is 5.36. The zero-order valence-electron chi connectivity index (χ0n) is 12.9. The first-order valence-electron chi connectivity index (χ1n) is 7.70. The fourth-order valence-electron chi connectivity index (χ4n) is 2.87. The fraction of sp³-hybridized carbons (Fsp3) is 0.300. The van der Waals surface area contributed by atoms with Crippen LogP contribution in [-0.4, -0.2) is 5.11 Å². The van der Waals surface area contributed by atoms with Crippen molar-refractivity contribution in [1.82, 2.24) is 0 Å². The van der Waals surface area contributed by atoms with Crippen LogP contribution in [0.15, 0.2) is 72.8 Å². The largest absolute Gasteiger partial charge is 0.387 e. The molecule has 2 unspecified atom stereocenters. The molecule has 0 spiro atoms. The second-order valence-corrected chi connectivity index (χ2v) is 5.38. The lowest BCUT2D eigenvalue weighted by Crippen LogP contribution is -2.31. The highest BCUT2D eigenvalue weighted by Crippen LogP contribution is 2.41. The summed E-state index contributed by atoms with van der Waals surface area (Å²) in [5, 5.41) is 11.1. The molecule has 0 fully saturated rings. The Morgan fingerprint density at radius 1 is 0.952 bits per heavy atom. The van der Waals surface area contributed by atoms with Gasteiger partial charge in [-0.1, -0.05) is 86.7 Å². The summed E-state index contributed by atoms with van der Waals surface area (Å²) in [6, 6.07) is 20.2. The van der Waals surface area contributed by atoms with Crippen LogP contribution in [0.25, 0.3) is 0 Å². The molecule has 2 atom stereocenters. The molecule has 1 nitrogen and oxygen atoms in total. The smallest absolute Gasteiger partial charge is 0.0921 e. The summed E-state index contributed by atoms with van der Waals surface area (Å²) in [6.45, 7) is 4.26. The second kappa shape index (κ2) is 7.24. The molecule has 0 radical (unpaired) electrons. The summed E-state index contributed by atoms with van der Waals surface area (Å²) in [6.07, 6.45) is 5.61. The minimum absolute atomic E-state index is 0.376. The van der Waals surface area contributed by atoms with Gasteiger partial charge in [-0.2, -0.15) is 0 Å². The van der Waals surface area contributed by atoms with Gasteiger partial charge < -0.3 is 5.11 Å². The van der Waals surface area contributed by atoms with Gasteiger partial charge in [0.05, 0.1) is 6.10 Å². The zero-order chi connectivity index (χ0) is 15.1. The average Bonchev–Trinajstić information content (AvgIpc) is 2.57. The van der Waals surface area contributed by atoms with Crippen LogP contribution in [-0.2, 0) is 5.41 Å². The van der Waals surface area contributed by atoms with Crippen molar-refractivity contribution in [2.24, 2.45) is 0 Å². The predicted molar refractivity (Wildman–Crippen MR) is 89.2 cm³/mol. The first-order valence-corrected chi connectivity index (χ1v) is 7.70.